The minimum Gasteiger partial charge on any atom is -0.490 e. The molecule has 0 fully saturated rings. The van der Waals surface area contributed by atoms with Gasteiger partial charge < -0.3 is 10.5 Å². The van der Waals surface area contributed by atoms with Crippen molar-refractivity contribution in [2.24, 2.45) is 5.73 Å². The Bertz CT molecular complexity index is 329. The zero-order valence-electron chi connectivity index (χ0n) is 6.18. The number of ether oxygens (including phenoxy) is 1. The first-order valence-electron chi connectivity index (χ1n) is 3.56. The number of hydrogen-bond acceptors (Lipinski definition) is 2. The number of nitrogens with two attached hydrogens (primary N) is 1. The van der Waals surface area contributed by atoms with E-state index in [1.165, 1.54) is 0 Å². The van der Waals surface area contributed by atoms with E-state index in [-0.39, 0.29) is 6.04 Å². The van der Waals surface area contributed by atoms with Crippen LogP contribution >= 0.6 is 27.5 Å². The Morgan fingerprint density at radius 3 is 3.08 bits per heavy atom. The second-order valence-electron chi connectivity index (χ2n) is 2.72. The molecule has 1 heterocycles. The third-order valence-electron chi connectivity index (χ3n) is 1.84. The van der Waals surface area contributed by atoms with E-state index >= 15 is 0 Å². The van der Waals surface area contributed by atoms with Crippen LogP contribution in [0, 0.1) is 0 Å². The molecule has 64 valence electrons. The van der Waals surface area contributed by atoms with Gasteiger partial charge in [-0.1, -0.05) is 27.5 Å². The van der Waals surface area contributed by atoms with Crippen LogP contribution in [0.15, 0.2) is 16.6 Å². The summed E-state index contributed by atoms with van der Waals surface area (Å²) in [6.07, 6.45) is 0. The minimum atomic E-state index is -0.0463. The van der Waals surface area contributed by atoms with Crippen molar-refractivity contribution in [3.8, 4) is 5.75 Å². The second kappa shape index (κ2) is 2.91. The smallest absolute Gasteiger partial charge is 0.142 e. The number of fused-ring (bicyclic) bond motifs is 1. The van der Waals surface area contributed by atoms with Gasteiger partial charge in [0, 0.05) is 10.0 Å². The van der Waals surface area contributed by atoms with E-state index in [2.05, 4.69) is 15.9 Å². The van der Waals surface area contributed by atoms with Crippen LogP contribution < -0.4 is 10.5 Å². The highest BCUT2D eigenvalue weighted by Crippen LogP contribution is 2.39. The predicted molar refractivity (Wildman–Crippen MR) is 51.6 cm³/mol. The molecule has 2 rings (SSSR count). The summed E-state index contributed by atoms with van der Waals surface area (Å²) in [7, 11) is 0. The van der Waals surface area contributed by atoms with Crippen molar-refractivity contribution in [2.75, 3.05) is 6.61 Å². The molecule has 12 heavy (non-hydrogen) atoms. The molecule has 1 aromatic carbocycles. The zero-order valence-corrected chi connectivity index (χ0v) is 8.52. The highest BCUT2D eigenvalue weighted by molar-refractivity contribution is 9.10. The number of rotatable bonds is 0. The first-order chi connectivity index (χ1) is 5.68. The van der Waals surface area contributed by atoms with Gasteiger partial charge >= 0.3 is 0 Å². The molecule has 1 aromatic rings. The maximum absolute atomic E-state index is 5.93. The second-order valence-corrected chi connectivity index (χ2v) is 4.05. The van der Waals surface area contributed by atoms with Crippen molar-refractivity contribution in [1.82, 2.24) is 0 Å². The molecule has 0 radical (unpaired) electrons. The Balaban J connectivity index is 2.60. The number of hydrogen-bond donors (Lipinski definition) is 1. The van der Waals surface area contributed by atoms with Gasteiger partial charge in [-0.25, -0.2) is 0 Å². The van der Waals surface area contributed by atoms with Gasteiger partial charge in [0.15, 0.2) is 0 Å². The lowest BCUT2D eigenvalue weighted by atomic mass is 10.1. The monoisotopic (exact) mass is 247 g/mol. The van der Waals surface area contributed by atoms with Crippen LogP contribution in [0.1, 0.15) is 11.6 Å². The molecule has 1 aliphatic heterocycles. The Hall–Kier alpha value is -0.250. The summed E-state index contributed by atoms with van der Waals surface area (Å²) < 4.78 is 6.26. The first-order valence-corrected chi connectivity index (χ1v) is 4.73. The lowest BCUT2D eigenvalue weighted by Crippen LogP contribution is -2.10. The van der Waals surface area contributed by atoms with Crippen molar-refractivity contribution in [3.63, 3.8) is 0 Å². The SMILES string of the molecule is N[C@@H]1COc2c(Cl)cc(Br)cc21. The van der Waals surface area contributed by atoms with Gasteiger partial charge in [0.25, 0.3) is 0 Å². The molecule has 1 aliphatic rings. The van der Waals surface area contributed by atoms with Crippen LogP contribution in [0.5, 0.6) is 5.75 Å². The normalized spacial score (nSPS) is 20.4. The maximum Gasteiger partial charge on any atom is 0.142 e. The van der Waals surface area contributed by atoms with E-state index < -0.39 is 0 Å². The fourth-order valence-electron chi connectivity index (χ4n) is 1.27. The average molecular weight is 249 g/mol. The van der Waals surface area contributed by atoms with E-state index in [0.717, 1.165) is 15.8 Å². The number of halogens is 2. The lowest BCUT2D eigenvalue weighted by Gasteiger charge is -2.02. The molecule has 2 nitrogen and oxygen atoms in total. The van der Waals surface area contributed by atoms with Crippen LogP contribution in [0.4, 0.5) is 0 Å². The highest BCUT2D eigenvalue weighted by Gasteiger charge is 2.23. The third-order valence-corrected chi connectivity index (χ3v) is 2.58. The van der Waals surface area contributed by atoms with E-state index in [9.17, 15) is 0 Å². The molecule has 0 unspecified atom stereocenters. The van der Waals surface area contributed by atoms with Gasteiger partial charge in [0.1, 0.15) is 12.4 Å². The third kappa shape index (κ3) is 1.22. The molecule has 2 N–H and O–H groups in total. The topological polar surface area (TPSA) is 35.2 Å². The van der Waals surface area contributed by atoms with Crippen molar-refractivity contribution in [2.45, 2.75) is 6.04 Å². The fourth-order valence-corrected chi connectivity index (χ4v) is 2.16. The lowest BCUT2D eigenvalue weighted by molar-refractivity contribution is 0.333. The highest BCUT2D eigenvalue weighted by atomic mass is 79.9. The molecule has 0 amide bonds. The Morgan fingerprint density at radius 1 is 1.58 bits per heavy atom. The fraction of sp³-hybridized carbons (Fsp3) is 0.250. The maximum atomic E-state index is 5.93. The van der Waals surface area contributed by atoms with Crippen LogP contribution in [0.2, 0.25) is 5.02 Å². The van der Waals surface area contributed by atoms with E-state index in [0.29, 0.717) is 11.6 Å². The predicted octanol–water partition coefficient (Wildman–Crippen LogP) is 2.49. The van der Waals surface area contributed by atoms with Crippen LogP contribution in [-0.4, -0.2) is 6.61 Å². The van der Waals surface area contributed by atoms with Crippen LogP contribution in [-0.2, 0) is 0 Å². The standard InChI is InChI=1S/C8H7BrClNO/c9-4-1-5-7(11)3-12-8(5)6(10)2-4/h1-2,7H,3,11H2/t7-/m1/s1. The average Bonchev–Trinajstić information content (AvgIpc) is 2.33. The first kappa shape index (κ1) is 8.35. The van der Waals surface area contributed by atoms with Crippen molar-refractivity contribution in [1.29, 1.82) is 0 Å². The summed E-state index contributed by atoms with van der Waals surface area (Å²) >= 11 is 9.28. The minimum absolute atomic E-state index is 0.0463. The molecule has 0 bridgehead atoms. The van der Waals surface area contributed by atoms with Crippen molar-refractivity contribution >= 4 is 27.5 Å². The summed E-state index contributed by atoms with van der Waals surface area (Å²) in [5, 5.41) is 0.618. The van der Waals surface area contributed by atoms with Crippen LogP contribution in [0.3, 0.4) is 0 Å². The van der Waals surface area contributed by atoms with Gasteiger partial charge in [-0.2, -0.15) is 0 Å². The molecule has 4 heteroatoms. The van der Waals surface area contributed by atoms with Crippen molar-refractivity contribution in [3.05, 3.63) is 27.2 Å². The van der Waals surface area contributed by atoms with E-state index in [1.807, 2.05) is 6.07 Å². The molecule has 0 aromatic heterocycles. The summed E-state index contributed by atoms with van der Waals surface area (Å²) in [6.45, 7) is 0.519. The summed E-state index contributed by atoms with van der Waals surface area (Å²) in [6, 6.07) is 3.70. The van der Waals surface area contributed by atoms with Gasteiger partial charge in [-0.05, 0) is 12.1 Å². The molecule has 0 aliphatic carbocycles. The molecule has 0 saturated carbocycles. The largest absolute Gasteiger partial charge is 0.490 e. The van der Waals surface area contributed by atoms with E-state index in [1.54, 1.807) is 6.07 Å². The molecule has 0 saturated heterocycles. The summed E-state index contributed by atoms with van der Waals surface area (Å²) in [5.41, 5.74) is 6.76. The summed E-state index contributed by atoms with van der Waals surface area (Å²) in [5.74, 6) is 0.729. The number of benzene rings is 1. The van der Waals surface area contributed by atoms with Gasteiger partial charge in [-0.3, -0.25) is 0 Å². The molecule has 1 atom stereocenters. The van der Waals surface area contributed by atoms with Gasteiger partial charge in [-0.15, -0.1) is 0 Å². The van der Waals surface area contributed by atoms with Gasteiger partial charge in [0.2, 0.25) is 0 Å². The summed E-state index contributed by atoms with van der Waals surface area (Å²) in [4.78, 5) is 0. The van der Waals surface area contributed by atoms with Crippen molar-refractivity contribution < 1.29 is 4.74 Å². The van der Waals surface area contributed by atoms with E-state index in [4.69, 9.17) is 22.1 Å². The Morgan fingerprint density at radius 2 is 2.33 bits per heavy atom. The molecular weight excluding hydrogens is 241 g/mol. The Kier molecular flexibility index (Phi) is 2.02. The quantitative estimate of drug-likeness (QED) is 0.766. The zero-order chi connectivity index (χ0) is 8.72. The van der Waals surface area contributed by atoms with Gasteiger partial charge in [0.05, 0.1) is 11.1 Å². The Labute approximate surface area is 83.8 Å². The van der Waals surface area contributed by atoms with Crippen LogP contribution in [0.25, 0.3) is 0 Å². The molecule has 0 spiro atoms. The molecular formula is C8H7BrClNO.